The van der Waals surface area contributed by atoms with Crippen LogP contribution < -0.4 is 15.4 Å². The number of aromatic hydroxyl groups is 1. The Hall–Kier alpha value is -2.76. The molecule has 1 spiro atoms. The van der Waals surface area contributed by atoms with Gasteiger partial charge in [-0.1, -0.05) is 78.7 Å². The quantitative estimate of drug-likeness (QED) is 0.402. The van der Waals surface area contributed by atoms with Crippen molar-refractivity contribution in [3.8, 4) is 11.5 Å². The summed E-state index contributed by atoms with van der Waals surface area (Å²) < 4.78 is 6.88. The molecule has 3 aromatic rings. The first-order chi connectivity index (χ1) is 16.1. The number of hydrogen-bond donors (Lipinski definition) is 3. The number of nitrogens with one attached hydrogen (secondary N) is 2. The zero-order valence-corrected chi connectivity index (χ0v) is 19.6. The predicted octanol–water partition coefficient (Wildman–Crippen LogP) is 5.90. The summed E-state index contributed by atoms with van der Waals surface area (Å²) in [7, 11) is 0. The smallest absolute Gasteiger partial charge is 0.191 e. The molecule has 0 aromatic heterocycles. The van der Waals surface area contributed by atoms with Gasteiger partial charge in [0.1, 0.15) is 11.5 Å². The second kappa shape index (κ2) is 7.93. The van der Waals surface area contributed by atoms with Gasteiger partial charge in [0.2, 0.25) is 0 Å². The molecule has 1 saturated heterocycles. The van der Waals surface area contributed by atoms with Crippen LogP contribution in [0.25, 0.3) is 0 Å². The van der Waals surface area contributed by atoms with Crippen LogP contribution in [0.5, 0.6) is 11.5 Å². The number of rotatable bonds is 2. The summed E-state index contributed by atoms with van der Waals surface area (Å²) in [6.45, 7) is 0. The van der Waals surface area contributed by atoms with Crippen LogP contribution in [0.1, 0.15) is 47.9 Å². The Balaban J connectivity index is 1.55. The van der Waals surface area contributed by atoms with E-state index >= 15 is 0 Å². The van der Waals surface area contributed by atoms with Crippen LogP contribution in [-0.2, 0) is 0 Å². The molecule has 1 saturated carbocycles. The maximum absolute atomic E-state index is 10.4. The van der Waals surface area contributed by atoms with E-state index in [9.17, 15) is 5.11 Å². The van der Waals surface area contributed by atoms with Crippen LogP contribution in [0.15, 0.2) is 72.8 Å². The molecular formula is C27H25ClN2O2S. The van der Waals surface area contributed by atoms with Gasteiger partial charge in [-0.3, -0.25) is 0 Å². The lowest BCUT2D eigenvalue weighted by Gasteiger charge is -2.59. The number of fused-ring (bicyclic) bond motifs is 1. The summed E-state index contributed by atoms with van der Waals surface area (Å²) in [5.74, 6) is 1.07. The number of phenolic OH excluding ortho intramolecular Hbond substituents is 1. The van der Waals surface area contributed by atoms with Crippen LogP contribution in [0.2, 0.25) is 5.02 Å². The van der Waals surface area contributed by atoms with E-state index in [4.69, 9.17) is 28.6 Å². The Kier molecular flexibility index (Phi) is 5.00. The maximum atomic E-state index is 10.4. The van der Waals surface area contributed by atoms with Crippen LogP contribution in [0.3, 0.4) is 0 Å². The van der Waals surface area contributed by atoms with E-state index < -0.39 is 5.72 Å². The molecule has 1 aliphatic carbocycles. The molecule has 168 valence electrons. The van der Waals surface area contributed by atoms with Crippen molar-refractivity contribution in [2.75, 3.05) is 0 Å². The predicted molar refractivity (Wildman–Crippen MR) is 134 cm³/mol. The topological polar surface area (TPSA) is 53.5 Å². The van der Waals surface area contributed by atoms with Gasteiger partial charge >= 0.3 is 0 Å². The Morgan fingerprint density at radius 2 is 1.61 bits per heavy atom. The van der Waals surface area contributed by atoms with Crippen LogP contribution >= 0.6 is 23.8 Å². The van der Waals surface area contributed by atoms with Crippen molar-refractivity contribution in [1.29, 1.82) is 0 Å². The minimum Gasteiger partial charge on any atom is -0.506 e. The average molecular weight is 477 g/mol. The molecule has 3 aromatic carbocycles. The van der Waals surface area contributed by atoms with E-state index in [0.29, 0.717) is 15.9 Å². The Labute approximate surface area is 203 Å². The highest BCUT2D eigenvalue weighted by molar-refractivity contribution is 7.80. The number of benzene rings is 3. The molecule has 0 radical (unpaired) electrons. The fourth-order valence-corrected chi connectivity index (χ4v) is 6.70. The third-order valence-electron chi connectivity index (χ3n) is 7.54. The van der Waals surface area contributed by atoms with Crippen molar-refractivity contribution in [3.05, 3.63) is 94.5 Å². The van der Waals surface area contributed by atoms with Crippen molar-refractivity contribution in [1.82, 2.24) is 10.6 Å². The van der Waals surface area contributed by atoms with Crippen molar-refractivity contribution < 1.29 is 9.84 Å². The summed E-state index contributed by atoms with van der Waals surface area (Å²) in [5.41, 5.74) is 2.75. The third kappa shape index (κ3) is 3.29. The first kappa shape index (κ1) is 20.8. The van der Waals surface area contributed by atoms with Crippen molar-refractivity contribution in [2.24, 2.45) is 11.8 Å². The molecule has 6 rings (SSSR count). The van der Waals surface area contributed by atoms with E-state index in [1.807, 2.05) is 18.2 Å². The monoisotopic (exact) mass is 476 g/mol. The Morgan fingerprint density at radius 3 is 2.33 bits per heavy atom. The van der Waals surface area contributed by atoms with E-state index in [2.05, 4.69) is 59.2 Å². The van der Waals surface area contributed by atoms with E-state index in [-0.39, 0.29) is 29.5 Å². The molecule has 2 heterocycles. The summed E-state index contributed by atoms with van der Waals surface area (Å²) >= 11 is 12.1. The zero-order valence-electron chi connectivity index (χ0n) is 18.0. The van der Waals surface area contributed by atoms with Gasteiger partial charge in [0.15, 0.2) is 10.8 Å². The molecule has 6 heteroatoms. The first-order valence-corrected chi connectivity index (χ1v) is 12.3. The number of ether oxygens (including phenoxy) is 1. The molecule has 0 bridgehead atoms. The molecule has 5 atom stereocenters. The lowest BCUT2D eigenvalue weighted by Crippen LogP contribution is -2.73. The number of thiocarbonyl (C=S) groups is 1. The molecule has 2 aliphatic heterocycles. The fourth-order valence-electron chi connectivity index (χ4n) is 6.24. The van der Waals surface area contributed by atoms with Gasteiger partial charge in [-0.15, -0.1) is 0 Å². The fraction of sp³-hybridized carbons (Fsp3) is 0.296. The molecule has 33 heavy (non-hydrogen) atoms. The molecule has 4 nitrogen and oxygen atoms in total. The lowest BCUT2D eigenvalue weighted by atomic mass is 9.60. The van der Waals surface area contributed by atoms with Crippen molar-refractivity contribution in [3.63, 3.8) is 0 Å². The number of phenols is 1. The highest BCUT2D eigenvalue weighted by Gasteiger charge is 2.60. The molecule has 0 unspecified atom stereocenters. The minimum atomic E-state index is -0.686. The van der Waals surface area contributed by atoms with Gasteiger partial charge in [0.05, 0.1) is 11.1 Å². The summed E-state index contributed by atoms with van der Waals surface area (Å²) in [4.78, 5) is 0. The molecule has 3 aliphatic rings. The van der Waals surface area contributed by atoms with Crippen LogP contribution in [0, 0.1) is 11.8 Å². The Morgan fingerprint density at radius 1 is 0.939 bits per heavy atom. The van der Waals surface area contributed by atoms with Crippen LogP contribution in [-0.4, -0.2) is 15.9 Å². The summed E-state index contributed by atoms with van der Waals surface area (Å²) in [5, 5.41) is 18.5. The highest BCUT2D eigenvalue weighted by atomic mass is 35.5. The summed E-state index contributed by atoms with van der Waals surface area (Å²) in [6, 6.07) is 24.6. The van der Waals surface area contributed by atoms with E-state index in [1.165, 1.54) is 11.1 Å². The van der Waals surface area contributed by atoms with Gasteiger partial charge in [0, 0.05) is 29.4 Å². The van der Waals surface area contributed by atoms with Crippen molar-refractivity contribution >= 4 is 28.9 Å². The van der Waals surface area contributed by atoms with Gasteiger partial charge in [0.25, 0.3) is 0 Å². The van der Waals surface area contributed by atoms with Crippen molar-refractivity contribution in [2.45, 2.75) is 36.9 Å². The third-order valence-corrected chi connectivity index (χ3v) is 8.07. The number of hydrogen-bond acceptors (Lipinski definition) is 3. The van der Waals surface area contributed by atoms with Crippen LogP contribution in [0.4, 0.5) is 0 Å². The second-order valence-electron chi connectivity index (χ2n) is 9.26. The van der Waals surface area contributed by atoms with E-state index in [0.717, 1.165) is 24.8 Å². The maximum Gasteiger partial charge on any atom is 0.191 e. The Bertz CT molecular complexity index is 1210. The number of halogens is 1. The average Bonchev–Trinajstić information content (AvgIpc) is 2.83. The SMILES string of the molecule is Oc1cc2c(cc1Cl)[C@@H](c1ccccc1)[C@H]1CCC[C@@H]3[C@H](c4ccccc4)NC(=S)N[C@]13O2. The minimum absolute atomic E-state index is 0.0283. The summed E-state index contributed by atoms with van der Waals surface area (Å²) in [6.07, 6.45) is 3.12. The normalized spacial score (nSPS) is 30.0. The molecular weight excluding hydrogens is 452 g/mol. The molecule has 3 N–H and O–H groups in total. The zero-order chi connectivity index (χ0) is 22.6. The highest BCUT2D eigenvalue weighted by Crippen LogP contribution is 2.58. The van der Waals surface area contributed by atoms with Gasteiger partial charge < -0.3 is 20.5 Å². The van der Waals surface area contributed by atoms with E-state index in [1.54, 1.807) is 6.07 Å². The largest absolute Gasteiger partial charge is 0.506 e. The molecule has 2 fully saturated rings. The second-order valence-corrected chi connectivity index (χ2v) is 10.1. The van der Waals surface area contributed by atoms with Gasteiger partial charge in [-0.25, -0.2) is 0 Å². The molecule has 0 amide bonds. The lowest BCUT2D eigenvalue weighted by molar-refractivity contribution is -0.120. The standard InChI is InChI=1S/C27H25ClN2O2S/c28-21-14-18-23(15-22(21)31)32-27-19(24(18)16-8-3-1-4-9-16)12-7-13-20(27)25(29-26(33)30-27)17-10-5-2-6-11-17/h1-6,8-11,14-15,19-20,24-25,31H,7,12-13H2,(H2,29,30,33)/t19-,20-,24-,25+,27+/m1/s1. The van der Waals surface area contributed by atoms with Gasteiger partial charge in [-0.05, 0) is 42.3 Å². The van der Waals surface area contributed by atoms with Gasteiger partial charge in [-0.2, -0.15) is 0 Å². The first-order valence-electron chi connectivity index (χ1n) is 11.5.